The third kappa shape index (κ3) is 5.27. The minimum Gasteiger partial charge on any atom is -0.496 e. The number of anilines is 2. The van der Waals surface area contributed by atoms with Crippen LogP contribution in [0.5, 0.6) is 5.75 Å². The van der Waals surface area contributed by atoms with Crippen molar-refractivity contribution in [3.63, 3.8) is 0 Å². The topological polar surface area (TPSA) is 62.3 Å². The Morgan fingerprint density at radius 3 is 2.59 bits per heavy atom. The number of ether oxygens (including phenoxy) is 1. The molecule has 0 unspecified atom stereocenters. The summed E-state index contributed by atoms with van der Waals surface area (Å²) in [4.78, 5) is 11.5. The van der Waals surface area contributed by atoms with Gasteiger partial charge in [0.15, 0.2) is 0 Å². The van der Waals surface area contributed by atoms with Crippen LogP contribution in [-0.2, 0) is 6.54 Å². The van der Waals surface area contributed by atoms with Gasteiger partial charge in [-0.25, -0.2) is 9.37 Å². The number of rotatable bonds is 8. The Labute approximate surface area is 189 Å². The second kappa shape index (κ2) is 10.1. The maximum absolute atomic E-state index is 13.5. The SMILES string of the molecule is COc1ccc(F)cc1CNCC1CCC(Nc2nc(N(C)C)c3ccccc3n2)CC1. The van der Waals surface area contributed by atoms with Crippen molar-refractivity contribution >= 4 is 22.7 Å². The van der Waals surface area contributed by atoms with Crippen LogP contribution < -0.4 is 20.3 Å². The number of nitrogens with one attached hydrogen (secondary N) is 2. The summed E-state index contributed by atoms with van der Waals surface area (Å²) in [6.45, 7) is 1.53. The number of aromatic nitrogens is 2. The molecule has 0 bridgehead atoms. The second-order valence-corrected chi connectivity index (χ2v) is 8.73. The fourth-order valence-corrected chi connectivity index (χ4v) is 4.46. The molecule has 1 fully saturated rings. The maximum atomic E-state index is 13.5. The van der Waals surface area contributed by atoms with Crippen LogP contribution >= 0.6 is 0 Å². The molecule has 1 saturated carbocycles. The number of methoxy groups -OCH3 is 1. The van der Waals surface area contributed by atoms with Gasteiger partial charge in [0, 0.05) is 37.6 Å². The summed E-state index contributed by atoms with van der Waals surface area (Å²) < 4.78 is 18.9. The van der Waals surface area contributed by atoms with Crippen LogP contribution in [-0.4, -0.2) is 43.8 Å². The molecule has 0 amide bonds. The molecule has 32 heavy (non-hydrogen) atoms. The van der Waals surface area contributed by atoms with Crippen molar-refractivity contribution in [1.82, 2.24) is 15.3 Å². The number of fused-ring (bicyclic) bond motifs is 1. The highest BCUT2D eigenvalue weighted by Gasteiger charge is 2.22. The molecular weight excluding hydrogens is 405 g/mol. The standard InChI is InChI=1S/C25H32FN5O/c1-31(2)24-21-6-4-5-7-22(21)29-25(30-24)28-20-11-8-17(9-12-20)15-27-16-18-14-19(26)10-13-23(18)32-3/h4-7,10,13-14,17,20,27H,8-9,11-12,15-16H2,1-3H3,(H,28,29,30). The van der Waals surface area contributed by atoms with Gasteiger partial charge in [-0.2, -0.15) is 4.98 Å². The van der Waals surface area contributed by atoms with Gasteiger partial charge in [-0.1, -0.05) is 12.1 Å². The Hall–Kier alpha value is -2.93. The van der Waals surface area contributed by atoms with Crippen LogP contribution in [0.1, 0.15) is 31.2 Å². The smallest absolute Gasteiger partial charge is 0.225 e. The summed E-state index contributed by atoms with van der Waals surface area (Å²) in [5.41, 5.74) is 1.81. The van der Waals surface area contributed by atoms with Gasteiger partial charge in [-0.15, -0.1) is 0 Å². The number of hydrogen-bond acceptors (Lipinski definition) is 6. The van der Waals surface area contributed by atoms with Gasteiger partial charge in [-0.05, 0) is 68.5 Å². The van der Waals surface area contributed by atoms with Crippen LogP contribution in [0.2, 0.25) is 0 Å². The number of para-hydroxylation sites is 1. The predicted molar refractivity (Wildman–Crippen MR) is 128 cm³/mol. The zero-order chi connectivity index (χ0) is 22.5. The van der Waals surface area contributed by atoms with E-state index in [4.69, 9.17) is 14.7 Å². The lowest BCUT2D eigenvalue weighted by Gasteiger charge is -2.29. The lowest BCUT2D eigenvalue weighted by molar-refractivity contribution is 0.322. The van der Waals surface area contributed by atoms with Crippen LogP contribution in [0.15, 0.2) is 42.5 Å². The normalized spacial score (nSPS) is 18.5. The lowest BCUT2D eigenvalue weighted by Crippen LogP contribution is -2.31. The highest BCUT2D eigenvalue weighted by Crippen LogP contribution is 2.28. The van der Waals surface area contributed by atoms with Crippen molar-refractivity contribution in [3.05, 3.63) is 53.8 Å². The minimum absolute atomic E-state index is 0.234. The minimum atomic E-state index is -0.234. The Balaban J connectivity index is 1.30. The van der Waals surface area contributed by atoms with Crippen molar-refractivity contribution in [2.75, 3.05) is 38.0 Å². The third-order valence-electron chi connectivity index (χ3n) is 6.18. The third-order valence-corrected chi connectivity index (χ3v) is 6.18. The van der Waals surface area contributed by atoms with E-state index < -0.39 is 0 Å². The number of hydrogen-bond donors (Lipinski definition) is 2. The van der Waals surface area contributed by atoms with Crippen molar-refractivity contribution in [3.8, 4) is 5.75 Å². The molecule has 2 N–H and O–H groups in total. The molecule has 7 heteroatoms. The predicted octanol–water partition coefficient (Wildman–Crippen LogP) is 4.60. The number of nitrogens with zero attached hydrogens (tertiary/aromatic N) is 3. The van der Waals surface area contributed by atoms with Gasteiger partial charge in [0.05, 0.1) is 12.6 Å². The largest absolute Gasteiger partial charge is 0.496 e. The van der Waals surface area contributed by atoms with Crippen LogP contribution in [0, 0.1) is 11.7 Å². The molecule has 1 heterocycles. The number of benzene rings is 2. The van der Waals surface area contributed by atoms with Crippen molar-refractivity contribution in [1.29, 1.82) is 0 Å². The molecule has 0 spiro atoms. The van der Waals surface area contributed by atoms with Gasteiger partial charge >= 0.3 is 0 Å². The summed E-state index contributed by atoms with van der Waals surface area (Å²) in [6.07, 6.45) is 4.45. The maximum Gasteiger partial charge on any atom is 0.225 e. The van der Waals surface area contributed by atoms with E-state index in [0.717, 1.165) is 60.3 Å². The highest BCUT2D eigenvalue weighted by molar-refractivity contribution is 5.90. The quantitative estimate of drug-likeness (QED) is 0.537. The monoisotopic (exact) mass is 437 g/mol. The van der Waals surface area contributed by atoms with E-state index in [1.54, 1.807) is 13.2 Å². The molecule has 170 valence electrons. The van der Waals surface area contributed by atoms with Crippen LogP contribution in [0.4, 0.5) is 16.2 Å². The van der Waals surface area contributed by atoms with E-state index in [0.29, 0.717) is 24.5 Å². The first-order chi connectivity index (χ1) is 15.5. The van der Waals surface area contributed by atoms with E-state index >= 15 is 0 Å². The summed E-state index contributed by atoms with van der Waals surface area (Å²) >= 11 is 0. The van der Waals surface area contributed by atoms with E-state index in [1.807, 2.05) is 37.2 Å². The fraction of sp³-hybridized carbons (Fsp3) is 0.440. The summed E-state index contributed by atoms with van der Waals surface area (Å²) in [6, 6.07) is 13.2. The Morgan fingerprint density at radius 2 is 1.84 bits per heavy atom. The molecule has 2 aromatic carbocycles. The van der Waals surface area contributed by atoms with Gasteiger partial charge in [-0.3, -0.25) is 0 Å². The molecule has 1 aliphatic rings. The summed E-state index contributed by atoms with van der Waals surface area (Å²) in [5, 5.41) is 8.11. The van der Waals surface area contributed by atoms with Crippen LogP contribution in [0.25, 0.3) is 10.9 Å². The summed E-state index contributed by atoms with van der Waals surface area (Å²) in [5.74, 6) is 2.74. The van der Waals surface area contributed by atoms with Gasteiger partial charge in [0.2, 0.25) is 5.95 Å². The molecule has 3 aromatic rings. The van der Waals surface area contributed by atoms with Gasteiger partial charge in [0.25, 0.3) is 0 Å². The molecule has 0 radical (unpaired) electrons. The molecule has 0 atom stereocenters. The molecule has 6 nitrogen and oxygen atoms in total. The first-order valence-electron chi connectivity index (χ1n) is 11.3. The molecule has 4 rings (SSSR count). The summed E-state index contributed by atoms with van der Waals surface area (Å²) in [7, 11) is 5.64. The average Bonchev–Trinajstić information content (AvgIpc) is 2.80. The van der Waals surface area contributed by atoms with Crippen molar-refractivity contribution in [2.45, 2.75) is 38.3 Å². The van der Waals surface area contributed by atoms with E-state index in [1.165, 1.54) is 12.1 Å². The Bertz CT molecular complexity index is 1050. The van der Waals surface area contributed by atoms with Gasteiger partial charge in [0.1, 0.15) is 17.4 Å². The first kappa shape index (κ1) is 22.3. The zero-order valence-corrected chi connectivity index (χ0v) is 19.1. The number of halogens is 1. The average molecular weight is 438 g/mol. The van der Waals surface area contributed by atoms with E-state index in [2.05, 4.69) is 16.7 Å². The van der Waals surface area contributed by atoms with Gasteiger partial charge < -0.3 is 20.3 Å². The first-order valence-corrected chi connectivity index (χ1v) is 11.3. The fourth-order valence-electron chi connectivity index (χ4n) is 4.46. The molecule has 0 aliphatic heterocycles. The molecule has 0 saturated heterocycles. The zero-order valence-electron chi connectivity index (χ0n) is 19.1. The highest BCUT2D eigenvalue weighted by atomic mass is 19.1. The molecule has 1 aromatic heterocycles. The van der Waals surface area contributed by atoms with Crippen LogP contribution in [0.3, 0.4) is 0 Å². The second-order valence-electron chi connectivity index (χ2n) is 8.73. The van der Waals surface area contributed by atoms with Crippen molar-refractivity contribution in [2.24, 2.45) is 5.92 Å². The molecule has 1 aliphatic carbocycles. The van der Waals surface area contributed by atoms with Crippen molar-refractivity contribution < 1.29 is 9.13 Å². The Kier molecular flexibility index (Phi) is 7.05. The molecular formula is C25H32FN5O. The lowest BCUT2D eigenvalue weighted by atomic mass is 9.86. The van der Waals surface area contributed by atoms with E-state index in [-0.39, 0.29) is 5.82 Å². The van der Waals surface area contributed by atoms with E-state index in [9.17, 15) is 4.39 Å². The Morgan fingerprint density at radius 1 is 1.06 bits per heavy atom.